The van der Waals surface area contributed by atoms with Crippen LogP contribution in [0.25, 0.3) is 0 Å². The van der Waals surface area contributed by atoms with Gasteiger partial charge >= 0.3 is 0 Å². The fourth-order valence-corrected chi connectivity index (χ4v) is 2.06. The molecule has 0 unspecified atom stereocenters. The van der Waals surface area contributed by atoms with Crippen LogP contribution in [-0.4, -0.2) is 37.8 Å². The van der Waals surface area contributed by atoms with Gasteiger partial charge in [0.05, 0.1) is 0 Å². The minimum absolute atomic E-state index is 0.629. The van der Waals surface area contributed by atoms with Crippen LogP contribution >= 0.6 is 11.8 Å². The highest BCUT2D eigenvalue weighted by Gasteiger charge is 1.93. The van der Waals surface area contributed by atoms with Gasteiger partial charge in [0.25, 0.3) is 0 Å². The van der Waals surface area contributed by atoms with Gasteiger partial charge in [-0.15, -0.1) is 0 Å². The smallest absolute Gasteiger partial charge is 0.0470 e. The van der Waals surface area contributed by atoms with E-state index in [4.69, 9.17) is 4.74 Å². The number of rotatable bonds is 10. The lowest BCUT2D eigenvalue weighted by Gasteiger charge is -2.07. The van der Waals surface area contributed by atoms with Crippen LogP contribution < -0.4 is 5.32 Å². The van der Waals surface area contributed by atoms with Gasteiger partial charge in [0, 0.05) is 19.8 Å². The van der Waals surface area contributed by atoms with Gasteiger partial charge in [-0.1, -0.05) is 13.8 Å². The average Bonchev–Trinajstić information content (AvgIpc) is 2.15. The summed E-state index contributed by atoms with van der Waals surface area (Å²) in [7, 11) is 1.77. The van der Waals surface area contributed by atoms with E-state index in [1.165, 1.54) is 30.8 Å². The Kier molecular flexibility index (Phi) is 11.6. The van der Waals surface area contributed by atoms with Gasteiger partial charge in [0.1, 0.15) is 0 Å². The second-order valence-corrected chi connectivity index (χ2v) is 5.00. The van der Waals surface area contributed by atoms with E-state index in [1.54, 1.807) is 7.11 Å². The van der Waals surface area contributed by atoms with E-state index >= 15 is 0 Å². The Hall–Kier alpha value is 0.270. The lowest BCUT2D eigenvalue weighted by Crippen LogP contribution is -2.23. The Morgan fingerprint density at radius 3 is 2.50 bits per heavy atom. The molecular formula is C11H25NOS. The molecule has 0 saturated heterocycles. The van der Waals surface area contributed by atoms with Gasteiger partial charge in [-0.3, -0.25) is 0 Å². The highest BCUT2D eigenvalue weighted by atomic mass is 32.2. The topological polar surface area (TPSA) is 21.3 Å². The quantitative estimate of drug-likeness (QED) is 0.571. The van der Waals surface area contributed by atoms with Crippen molar-refractivity contribution in [3.63, 3.8) is 0 Å². The highest BCUT2D eigenvalue weighted by molar-refractivity contribution is 7.99. The molecule has 0 aromatic carbocycles. The van der Waals surface area contributed by atoms with Gasteiger partial charge in [0.2, 0.25) is 0 Å². The first kappa shape index (κ1) is 14.3. The van der Waals surface area contributed by atoms with Crippen molar-refractivity contribution in [3.05, 3.63) is 0 Å². The number of ether oxygens (including phenoxy) is 1. The first-order chi connectivity index (χ1) is 6.77. The molecule has 0 fully saturated rings. The van der Waals surface area contributed by atoms with Crippen LogP contribution in [0, 0.1) is 0 Å². The Labute approximate surface area is 93.2 Å². The van der Waals surface area contributed by atoms with Crippen molar-refractivity contribution in [2.45, 2.75) is 39.2 Å². The molecule has 0 bridgehead atoms. The molecule has 2 nitrogen and oxygen atoms in total. The number of nitrogens with one attached hydrogen (secondary N) is 1. The normalized spacial score (nSPS) is 11.1. The Bertz CT molecular complexity index is 109. The lowest BCUT2D eigenvalue weighted by atomic mass is 10.3. The summed E-state index contributed by atoms with van der Waals surface area (Å²) in [4.78, 5) is 0. The fraction of sp³-hybridized carbons (Fsp3) is 1.00. The van der Waals surface area contributed by atoms with Gasteiger partial charge < -0.3 is 10.1 Å². The third kappa shape index (κ3) is 12.3. The van der Waals surface area contributed by atoms with Crippen molar-refractivity contribution >= 4 is 11.8 Å². The molecule has 1 N–H and O–H groups in total. The minimum atomic E-state index is 0.629. The molecule has 3 heteroatoms. The Morgan fingerprint density at radius 1 is 1.14 bits per heavy atom. The number of unbranched alkanes of at least 4 members (excludes halogenated alkanes) is 1. The zero-order chi connectivity index (χ0) is 10.6. The van der Waals surface area contributed by atoms with Crippen LogP contribution in [0.15, 0.2) is 0 Å². The molecule has 0 aliphatic rings. The lowest BCUT2D eigenvalue weighted by molar-refractivity contribution is 0.200. The molecule has 0 spiro atoms. The zero-order valence-electron chi connectivity index (χ0n) is 9.84. The first-order valence-electron chi connectivity index (χ1n) is 5.57. The van der Waals surface area contributed by atoms with Gasteiger partial charge in [-0.25, -0.2) is 0 Å². The molecule has 0 atom stereocenters. The van der Waals surface area contributed by atoms with Gasteiger partial charge in [-0.2, -0.15) is 11.8 Å². The second kappa shape index (κ2) is 11.3. The predicted octanol–water partition coefficient (Wildman–Crippen LogP) is 2.53. The summed E-state index contributed by atoms with van der Waals surface area (Å²) in [6.45, 7) is 6.46. The summed E-state index contributed by atoms with van der Waals surface area (Å²) >= 11 is 2.04. The minimum Gasteiger partial charge on any atom is -0.385 e. The van der Waals surface area contributed by atoms with Crippen LogP contribution in [0.4, 0.5) is 0 Å². The first-order valence-corrected chi connectivity index (χ1v) is 6.73. The van der Waals surface area contributed by atoms with E-state index in [2.05, 4.69) is 19.2 Å². The molecule has 0 radical (unpaired) electrons. The van der Waals surface area contributed by atoms with Crippen LogP contribution in [0.1, 0.15) is 33.1 Å². The van der Waals surface area contributed by atoms with E-state index in [1.807, 2.05) is 11.8 Å². The standard InChI is InChI=1S/C11H25NOS/c1-11(2)12-7-4-5-9-14-10-6-8-13-3/h11-12H,4-10H2,1-3H3. The molecule has 14 heavy (non-hydrogen) atoms. The molecule has 86 valence electrons. The maximum absolute atomic E-state index is 4.99. The molecule has 0 aliphatic carbocycles. The Morgan fingerprint density at radius 2 is 1.86 bits per heavy atom. The molecule has 0 rings (SSSR count). The number of hydrogen-bond donors (Lipinski definition) is 1. The van der Waals surface area contributed by atoms with Crippen LogP contribution in [0.2, 0.25) is 0 Å². The molecule has 0 aliphatic heterocycles. The third-order valence-corrected chi connectivity index (χ3v) is 3.06. The number of thioether (sulfide) groups is 1. The largest absolute Gasteiger partial charge is 0.385 e. The van der Waals surface area contributed by atoms with E-state index < -0.39 is 0 Å². The number of methoxy groups -OCH3 is 1. The summed E-state index contributed by atoms with van der Waals surface area (Å²) in [5, 5.41) is 3.43. The van der Waals surface area contributed by atoms with Crippen molar-refractivity contribution in [2.24, 2.45) is 0 Å². The van der Waals surface area contributed by atoms with Crippen LogP contribution in [0.5, 0.6) is 0 Å². The van der Waals surface area contributed by atoms with Crippen molar-refractivity contribution in [3.8, 4) is 0 Å². The molecule has 0 amide bonds. The van der Waals surface area contributed by atoms with Crippen molar-refractivity contribution in [1.29, 1.82) is 0 Å². The van der Waals surface area contributed by atoms with Crippen molar-refractivity contribution in [2.75, 3.05) is 31.8 Å². The van der Waals surface area contributed by atoms with Crippen molar-refractivity contribution < 1.29 is 4.74 Å². The van der Waals surface area contributed by atoms with E-state index in [0.29, 0.717) is 6.04 Å². The fourth-order valence-electron chi connectivity index (χ4n) is 1.13. The SMILES string of the molecule is COCCCSCCCCNC(C)C. The molecule has 0 aromatic heterocycles. The van der Waals surface area contributed by atoms with E-state index in [-0.39, 0.29) is 0 Å². The monoisotopic (exact) mass is 219 g/mol. The summed E-state index contributed by atoms with van der Waals surface area (Å²) in [5.41, 5.74) is 0. The van der Waals surface area contributed by atoms with Crippen molar-refractivity contribution in [1.82, 2.24) is 5.32 Å². The van der Waals surface area contributed by atoms with Gasteiger partial charge in [0.15, 0.2) is 0 Å². The second-order valence-electron chi connectivity index (χ2n) is 3.77. The molecule has 0 heterocycles. The van der Waals surface area contributed by atoms with E-state index in [0.717, 1.165) is 13.2 Å². The predicted molar refractivity (Wildman–Crippen MR) is 66.2 cm³/mol. The summed E-state index contributed by atoms with van der Waals surface area (Å²) in [6, 6.07) is 0.629. The molecular weight excluding hydrogens is 194 g/mol. The molecule has 0 saturated carbocycles. The number of hydrogen-bond acceptors (Lipinski definition) is 3. The average molecular weight is 219 g/mol. The third-order valence-electron chi connectivity index (χ3n) is 1.91. The van der Waals surface area contributed by atoms with Gasteiger partial charge in [-0.05, 0) is 37.3 Å². The van der Waals surface area contributed by atoms with Crippen LogP contribution in [0.3, 0.4) is 0 Å². The summed E-state index contributed by atoms with van der Waals surface area (Å²) in [5.74, 6) is 2.54. The molecule has 0 aromatic rings. The summed E-state index contributed by atoms with van der Waals surface area (Å²) in [6.07, 6.45) is 3.82. The Balaban J connectivity index is 2.85. The highest BCUT2D eigenvalue weighted by Crippen LogP contribution is 2.05. The zero-order valence-corrected chi connectivity index (χ0v) is 10.7. The maximum atomic E-state index is 4.99. The van der Waals surface area contributed by atoms with Crippen LogP contribution in [-0.2, 0) is 4.74 Å². The van der Waals surface area contributed by atoms with E-state index in [9.17, 15) is 0 Å². The maximum Gasteiger partial charge on any atom is 0.0470 e. The summed E-state index contributed by atoms with van der Waals surface area (Å²) < 4.78 is 4.99.